The molecule has 0 saturated carbocycles. The van der Waals surface area contributed by atoms with Crippen LogP contribution in [0.2, 0.25) is 0 Å². The molecule has 0 aliphatic heterocycles. The van der Waals surface area contributed by atoms with Gasteiger partial charge >= 0.3 is 6.18 Å². The van der Waals surface area contributed by atoms with Crippen molar-refractivity contribution in [3.63, 3.8) is 0 Å². The summed E-state index contributed by atoms with van der Waals surface area (Å²) in [5.74, 6) is -0.216. The summed E-state index contributed by atoms with van der Waals surface area (Å²) in [6.45, 7) is 3.27. The van der Waals surface area contributed by atoms with E-state index in [2.05, 4.69) is 5.10 Å². The SMILES string of the molecule is CC(C)n1nc(-c2cccc(C(=O)N(C)C)c2)cc1C(F)(F)F. The highest BCUT2D eigenvalue weighted by Gasteiger charge is 2.36. The number of carbonyl (C=O) groups excluding carboxylic acids is 1. The molecule has 0 bridgehead atoms. The van der Waals surface area contributed by atoms with Crippen molar-refractivity contribution in [1.82, 2.24) is 14.7 Å². The van der Waals surface area contributed by atoms with Crippen molar-refractivity contribution in [3.8, 4) is 11.3 Å². The normalized spacial score (nSPS) is 11.8. The molecule has 1 amide bonds. The van der Waals surface area contributed by atoms with E-state index < -0.39 is 17.9 Å². The predicted molar refractivity (Wildman–Crippen MR) is 81.1 cm³/mol. The Morgan fingerprint density at radius 3 is 2.35 bits per heavy atom. The van der Waals surface area contributed by atoms with Gasteiger partial charge in [-0.3, -0.25) is 9.48 Å². The van der Waals surface area contributed by atoms with Crippen molar-refractivity contribution in [2.45, 2.75) is 26.1 Å². The number of rotatable bonds is 3. The van der Waals surface area contributed by atoms with E-state index in [1.165, 1.54) is 4.90 Å². The van der Waals surface area contributed by atoms with Crippen molar-refractivity contribution in [3.05, 3.63) is 41.6 Å². The molecule has 0 atom stereocenters. The Labute approximate surface area is 132 Å². The summed E-state index contributed by atoms with van der Waals surface area (Å²) in [5, 5.41) is 4.06. The molecule has 1 aromatic carbocycles. The van der Waals surface area contributed by atoms with Gasteiger partial charge in [0.1, 0.15) is 5.69 Å². The molecule has 2 rings (SSSR count). The van der Waals surface area contributed by atoms with E-state index in [-0.39, 0.29) is 11.6 Å². The Morgan fingerprint density at radius 1 is 1.22 bits per heavy atom. The molecule has 0 saturated heterocycles. The molecule has 0 aliphatic carbocycles. The van der Waals surface area contributed by atoms with E-state index in [1.54, 1.807) is 52.2 Å². The maximum atomic E-state index is 13.1. The largest absolute Gasteiger partial charge is 0.433 e. The molecule has 0 N–H and O–H groups in total. The van der Waals surface area contributed by atoms with Crippen LogP contribution >= 0.6 is 0 Å². The lowest BCUT2D eigenvalue weighted by atomic mass is 10.1. The fourth-order valence-corrected chi connectivity index (χ4v) is 2.21. The first-order valence-electron chi connectivity index (χ1n) is 7.10. The summed E-state index contributed by atoms with van der Waals surface area (Å²) >= 11 is 0. The quantitative estimate of drug-likeness (QED) is 0.859. The molecule has 0 spiro atoms. The second-order valence-electron chi connectivity index (χ2n) is 5.73. The van der Waals surface area contributed by atoms with Crippen LogP contribution in [0.5, 0.6) is 0 Å². The number of hydrogen-bond acceptors (Lipinski definition) is 2. The standard InChI is InChI=1S/C16H18F3N3O/c1-10(2)22-14(16(17,18)19)9-13(20-22)11-6-5-7-12(8-11)15(23)21(3)4/h5-10H,1-4H3. The molecule has 1 heterocycles. The minimum absolute atomic E-state index is 0.194. The predicted octanol–water partition coefficient (Wildman–Crippen LogP) is 3.85. The van der Waals surface area contributed by atoms with Gasteiger partial charge in [-0.15, -0.1) is 0 Å². The topological polar surface area (TPSA) is 38.1 Å². The molecule has 0 aliphatic rings. The Bertz CT molecular complexity index is 718. The Morgan fingerprint density at radius 2 is 1.87 bits per heavy atom. The second kappa shape index (κ2) is 6.06. The van der Waals surface area contributed by atoms with Gasteiger partial charge in [0.25, 0.3) is 5.91 Å². The molecule has 0 radical (unpaired) electrons. The van der Waals surface area contributed by atoms with E-state index >= 15 is 0 Å². The average Bonchev–Trinajstić information content (AvgIpc) is 2.92. The zero-order valence-corrected chi connectivity index (χ0v) is 13.3. The summed E-state index contributed by atoms with van der Waals surface area (Å²) in [6, 6.07) is 7.03. The number of halogens is 3. The van der Waals surface area contributed by atoms with Gasteiger partial charge in [-0.2, -0.15) is 18.3 Å². The monoisotopic (exact) mass is 325 g/mol. The smallest absolute Gasteiger partial charge is 0.345 e. The minimum Gasteiger partial charge on any atom is -0.345 e. The molecule has 2 aromatic rings. The van der Waals surface area contributed by atoms with Crippen LogP contribution in [-0.4, -0.2) is 34.7 Å². The van der Waals surface area contributed by atoms with E-state index in [4.69, 9.17) is 0 Å². The van der Waals surface area contributed by atoms with E-state index in [0.717, 1.165) is 10.7 Å². The van der Waals surface area contributed by atoms with Crippen LogP contribution in [0.15, 0.2) is 30.3 Å². The zero-order valence-electron chi connectivity index (χ0n) is 13.3. The highest BCUT2D eigenvalue weighted by Crippen LogP contribution is 2.34. The highest BCUT2D eigenvalue weighted by atomic mass is 19.4. The molecule has 23 heavy (non-hydrogen) atoms. The minimum atomic E-state index is -4.48. The van der Waals surface area contributed by atoms with Gasteiger partial charge in [0.2, 0.25) is 0 Å². The first-order valence-corrected chi connectivity index (χ1v) is 7.10. The van der Waals surface area contributed by atoms with Crippen LogP contribution in [-0.2, 0) is 6.18 Å². The number of benzene rings is 1. The van der Waals surface area contributed by atoms with Crippen LogP contribution < -0.4 is 0 Å². The van der Waals surface area contributed by atoms with Gasteiger partial charge < -0.3 is 4.90 Å². The van der Waals surface area contributed by atoms with Gasteiger partial charge in [0, 0.05) is 31.3 Å². The first-order chi connectivity index (χ1) is 10.6. The van der Waals surface area contributed by atoms with Gasteiger partial charge in [-0.25, -0.2) is 0 Å². The number of alkyl halides is 3. The van der Waals surface area contributed by atoms with Crippen LogP contribution in [0.25, 0.3) is 11.3 Å². The summed E-state index contributed by atoms with van der Waals surface area (Å²) in [6.07, 6.45) is -4.48. The lowest BCUT2D eigenvalue weighted by Gasteiger charge is -2.12. The fraction of sp³-hybridized carbons (Fsp3) is 0.375. The van der Waals surface area contributed by atoms with Gasteiger partial charge in [-0.1, -0.05) is 12.1 Å². The molecule has 7 heteroatoms. The molecule has 124 valence electrons. The van der Waals surface area contributed by atoms with Gasteiger partial charge in [0.15, 0.2) is 0 Å². The van der Waals surface area contributed by atoms with Crippen molar-refractivity contribution >= 4 is 5.91 Å². The molecular formula is C16H18F3N3O. The van der Waals surface area contributed by atoms with E-state index in [1.807, 2.05) is 0 Å². The molecule has 0 fully saturated rings. The summed E-state index contributed by atoms with van der Waals surface area (Å²) in [7, 11) is 3.23. The summed E-state index contributed by atoms with van der Waals surface area (Å²) < 4.78 is 40.3. The third kappa shape index (κ3) is 3.55. The number of nitrogens with zero attached hydrogens (tertiary/aromatic N) is 3. The lowest BCUT2D eigenvalue weighted by molar-refractivity contribution is -0.144. The van der Waals surface area contributed by atoms with Crippen LogP contribution in [0.4, 0.5) is 13.2 Å². The number of amides is 1. The van der Waals surface area contributed by atoms with E-state index in [9.17, 15) is 18.0 Å². The van der Waals surface area contributed by atoms with Gasteiger partial charge in [-0.05, 0) is 32.0 Å². The third-order valence-corrected chi connectivity index (χ3v) is 3.33. The Balaban J connectivity index is 2.51. The number of hydrogen-bond donors (Lipinski definition) is 0. The third-order valence-electron chi connectivity index (χ3n) is 3.33. The van der Waals surface area contributed by atoms with Crippen LogP contribution in [0.1, 0.15) is 35.9 Å². The highest BCUT2D eigenvalue weighted by molar-refractivity contribution is 5.95. The Hall–Kier alpha value is -2.31. The molecule has 0 unspecified atom stereocenters. The number of aromatic nitrogens is 2. The molecular weight excluding hydrogens is 307 g/mol. The second-order valence-corrected chi connectivity index (χ2v) is 5.73. The van der Waals surface area contributed by atoms with E-state index in [0.29, 0.717) is 11.1 Å². The maximum Gasteiger partial charge on any atom is 0.433 e. The zero-order chi connectivity index (χ0) is 17.4. The summed E-state index contributed by atoms with van der Waals surface area (Å²) in [5.41, 5.74) is 0.272. The van der Waals surface area contributed by atoms with Crippen molar-refractivity contribution in [2.24, 2.45) is 0 Å². The molecule has 1 aromatic heterocycles. The molecule has 4 nitrogen and oxygen atoms in total. The lowest BCUT2D eigenvalue weighted by Crippen LogP contribution is -2.21. The van der Waals surface area contributed by atoms with Gasteiger partial charge in [0.05, 0.1) is 5.69 Å². The average molecular weight is 325 g/mol. The summed E-state index contributed by atoms with van der Waals surface area (Å²) in [4.78, 5) is 13.4. The first kappa shape index (κ1) is 17.1. The maximum absolute atomic E-state index is 13.1. The van der Waals surface area contributed by atoms with Crippen molar-refractivity contribution in [1.29, 1.82) is 0 Å². The van der Waals surface area contributed by atoms with Crippen molar-refractivity contribution < 1.29 is 18.0 Å². The van der Waals surface area contributed by atoms with Crippen LogP contribution in [0.3, 0.4) is 0 Å². The fourth-order valence-electron chi connectivity index (χ4n) is 2.21. The number of carbonyl (C=O) groups is 1. The Kier molecular flexibility index (Phi) is 4.49. The van der Waals surface area contributed by atoms with Crippen molar-refractivity contribution in [2.75, 3.05) is 14.1 Å². The van der Waals surface area contributed by atoms with Crippen LogP contribution in [0, 0.1) is 0 Å².